The van der Waals surface area contributed by atoms with Gasteiger partial charge in [-0.2, -0.15) is 4.57 Å². The maximum Gasteiger partial charge on any atom is 0.370 e. The van der Waals surface area contributed by atoms with Gasteiger partial charge in [-0.1, -0.05) is 66.8 Å². The molecule has 8 heteroatoms. The topological polar surface area (TPSA) is 62.9 Å². The van der Waals surface area contributed by atoms with E-state index in [2.05, 4.69) is 30.0 Å². The summed E-state index contributed by atoms with van der Waals surface area (Å²) in [6, 6.07) is 11.9. The van der Waals surface area contributed by atoms with Gasteiger partial charge in [-0.3, -0.25) is 0 Å². The first-order valence-corrected chi connectivity index (χ1v) is 13.7. The van der Waals surface area contributed by atoms with Crippen molar-refractivity contribution in [1.82, 2.24) is 0 Å². The lowest BCUT2D eigenvalue weighted by Crippen LogP contribution is -2.39. The van der Waals surface area contributed by atoms with Crippen molar-refractivity contribution >= 4 is 51.0 Å². The standard InChI is InChI=1S/C29H30N2O4S2/c1-4-5-17-30-23-18-21(34-2)13-15-25(23)36-27(30)11-9-7-6-8-10-12-28-31(20-29(32)33)24-19-22(35-3)14-16-26(24)37-28/h6-16,18-19H,4-5,17,20H2,1-3H3/p+1. The van der Waals surface area contributed by atoms with Gasteiger partial charge < -0.3 is 19.5 Å². The van der Waals surface area contributed by atoms with Gasteiger partial charge in [0.2, 0.25) is 12.1 Å². The molecule has 0 saturated heterocycles. The number of nitrogens with zero attached hydrogens (tertiary/aromatic N) is 2. The number of hydrogen-bond acceptors (Lipinski definition) is 6. The molecule has 0 aliphatic carbocycles. The largest absolute Gasteiger partial charge is 0.497 e. The van der Waals surface area contributed by atoms with E-state index in [4.69, 9.17) is 9.47 Å². The Labute approximate surface area is 225 Å². The van der Waals surface area contributed by atoms with Crippen LogP contribution in [0.25, 0.3) is 16.3 Å². The van der Waals surface area contributed by atoms with Crippen LogP contribution >= 0.6 is 23.1 Å². The summed E-state index contributed by atoms with van der Waals surface area (Å²) in [5.74, 6) is 0.692. The minimum atomic E-state index is -0.882. The SMILES string of the molecule is CCCCN1C(=CC=CC=CC=Cc2sc3ccc(OC)cc3[n+]2CC(=O)O)Sc2ccc(OC)cc21. The summed E-state index contributed by atoms with van der Waals surface area (Å²) >= 11 is 3.33. The van der Waals surface area contributed by atoms with E-state index in [-0.39, 0.29) is 6.54 Å². The van der Waals surface area contributed by atoms with Gasteiger partial charge in [-0.05, 0) is 36.8 Å². The third-order valence-electron chi connectivity index (χ3n) is 5.83. The number of aromatic nitrogens is 1. The molecule has 0 saturated carbocycles. The second-order valence-electron chi connectivity index (χ2n) is 8.33. The molecular formula is C29H31N2O4S2+. The molecular weight excluding hydrogens is 504 g/mol. The molecule has 4 rings (SSSR count). The summed E-state index contributed by atoms with van der Waals surface area (Å²) < 4.78 is 13.5. The molecule has 1 aromatic heterocycles. The number of rotatable bonds is 11. The highest BCUT2D eigenvalue weighted by atomic mass is 32.2. The van der Waals surface area contributed by atoms with Crippen LogP contribution in [0, 0.1) is 0 Å². The first-order chi connectivity index (χ1) is 18.0. The van der Waals surface area contributed by atoms with Crippen LogP contribution in [0.3, 0.4) is 0 Å². The molecule has 0 bridgehead atoms. The average molecular weight is 536 g/mol. The number of methoxy groups -OCH3 is 2. The fourth-order valence-electron chi connectivity index (χ4n) is 3.98. The molecule has 2 aromatic carbocycles. The highest BCUT2D eigenvalue weighted by molar-refractivity contribution is 8.03. The zero-order valence-corrected chi connectivity index (χ0v) is 22.8. The molecule has 2 heterocycles. The van der Waals surface area contributed by atoms with Crippen LogP contribution in [0.1, 0.15) is 24.8 Å². The van der Waals surface area contributed by atoms with Crippen LogP contribution in [0.15, 0.2) is 82.8 Å². The number of fused-ring (bicyclic) bond motifs is 2. The molecule has 1 N–H and O–H groups in total. The third kappa shape index (κ3) is 6.45. The van der Waals surface area contributed by atoms with Crippen LogP contribution in [0.4, 0.5) is 5.69 Å². The first kappa shape index (κ1) is 26.6. The highest BCUT2D eigenvalue weighted by Gasteiger charge is 2.25. The quantitative estimate of drug-likeness (QED) is 0.219. The van der Waals surface area contributed by atoms with E-state index >= 15 is 0 Å². The molecule has 0 atom stereocenters. The fraction of sp³-hybridized carbons (Fsp3) is 0.241. The minimum Gasteiger partial charge on any atom is -0.497 e. The number of carbonyl (C=O) groups is 1. The molecule has 1 aliphatic rings. The summed E-state index contributed by atoms with van der Waals surface area (Å²) in [6.07, 6.45) is 16.2. The monoisotopic (exact) mass is 535 g/mol. The molecule has 0 fully saturated rings. The maximum absolute atomic E-state index is 11.4. The number of benzene rings is 2. The molecule has 1 aliphatic heterocycles. The minimum absolute atomic E-state index is 0.107. The van der Waals surface area contributed by atoms with Gasteiger partial charge in [0, 0.05) is 23.6 Å². The van der Waals surface area contributed by atoms with Crippen molar-refractivity contribution in [1.29, 1.82) is 0 Å². The Hall–Kier alpha value is -3.49. The number of allylic oxidation sites excluding steroid dienone is 6. The van der Waals surface area contributed by atoms with Crippen molar-refractivity contribution in [3.8, 4) is 11.5 Å². The fourth-order valence-corrected chi connectivity index (χ4v) is 6.11. The Bertz CT molecular complexity index is 1390. The molecule has 37 heavy (non-hydrogen) atoms. The van der Waals surface area contributed by atoms with Crippen molar-refractivity contribution < 1.29 is 23.9 Å². The lowest BCUT2D eigenvalue weighted by molar-refractivity contribution is -0.657. The van der Waals surface area contributed by atoms with Crippen molar-refractivity contribution in [2.45, 2.75) is 31.2 Å². The van der Waals surface area contributed by atoms with Crippen molar-refractivity contribution in [2.24, 2.45) is 0 Å². The predicted octanol–water partition coefficient (Wildman–Crippen LogP) is 6.67. The number of aliphatic carboxylic acids is 1. The lowest BCUT2D eigenvalue weighted by Gasteiger charge is -2.20. The highest BCUT2D eigenvalue weighted by Crippen LogP contribution is 2.47. The van der Waals surface area contributed by atoms with Gasteiger partial charge in [0.15, 0.2) is 0 Å². The maximum atomic E-state index is 11.4. The van der Waals surface area contributed by atoms with E-state index in [0.717, 1.165) is 40.4 Å². The second-order valence-corrected chi connectivity index (χ2v) is 10.5. The van der Waals surface area contributed by atoms with Crippen molar-refractivity contribution in [3.05, 3.63) is 82.9 Å². The van der Waals surface area contributed by atoms with Gasteiger partial charge in [0.05, 0.1) is 31.0 Å². The number of thioether (sulfide) groups is 1. The molecule has 192 valence electrons. The van der Waals surface area contributed by atoms with Gasteiger partial charge in [0.25, 0.3) is 5.01 Å². The number of carboxylic acids is 1. The van der Waals surface area contributed by atoms with E-state index in [1.807, 2.05) is 60.7 Å². The molecule has 3 aromatic rings. The zero-order chi connectivity index (χ0) is 26.2. The second kappa shape index (κ2) is 12.7. The van der Waals surface area contributed by atoms with Gasteiger partial charge in [-0.25, -0.2) is 4.79 Å². The van der Waals surface area contributed by atoms with Crippen molar-refractivity contribution in [2.75, 3.05) is 25.7 Å². The van der Waals surface area contributed by atoms with E-state index < -0.39 is 5.97 Å². The average Bonchev–Trinajstić information content (AvgIpc) is 3.42. The Morgan fingerprint density at radius 2 is 1.76 bits per heavy atom. The van der Waals surface area contributed by atoms with E-state index in [0.29, 0.717) is 5.75 Å². The van der Waals surface area contributed by atoms with Crippen LogP contribution < -0.4 is 18.9 Å². The Balaban J connectivity index is 1.46. The molecule has 0 spiro atoms. The van der Waals surface area contributed by atoms with Crippen LogP contribution in [0.2, 0.25) is 0 Å². The Morgan fingerprint density at radius 1 is 1.03 bits per heavy atom. The number of carboxylic acid groups (broad SMARTS) is 1. The summed E-state index contributed by atoms with van der Waals surface area (Å²) in [4.78, 5) is 15.0. The molecule has 0 amide bonds. The summed E-state index contributed by atoms with van der Waals surface area (Å²) in [6.45, 7) is 3.07. The van der Waals surface area contributed by atoms with Crippen LogP contribution in [-0.4, -0.2) is 31.8 Å². The number of ether oxygens (including phenoxy) is 2. The first-order valence-electron chi connectivity index (χ1n) is 12.1. The number of unbranched alkanes of at least 4 members (excludes halogenated alkanes) is 1. The van der Waals surface area contributed by atoms with Crippen molar-refractivity contribution in [3.63, 3.8) is 0 Å². The Morgan fingerprint density at radius 3 is 2.51 bits per heavy atom. The zero-order valence-electron chi connectivity index (χ0n) is 21.2. The van der Waals surface area contributed by atoms with Gasteiger partial charge >= 0.3 is 5.97 Å². The number of hydrogen-bond donors (Lipinski definition) is 1. The summed E-state index contributed by atoms with van der Waals surface area (Å²) in [5.41, 5.74) is 2.05. The number of anilines is 1. The van der Waals surface area contributed by atoms with E-state index in [1.54, 1.807) is 41.9 Å². The Kier molecular flexibility index (Phi) is 9.09. The van der Waals surface area contributed by atoms with E-state index in [1.165, 1.54) is 15.6 Å². The predicted molar refractivity (Wildman–Crippen MR) is 153 cm³/mol. The number of thiazole rings is 1. The molecule has 6 nitrogen and oxygen atoms in total. The van der Waals surface area contributed by atoms with Crippen LogP contribution in [-0.2, 0) is 11.3 Å². The van der Waals surface area contributed by atoms with Crippen LogP contribution in [0.5, 0.6) is 11.5 Å². The molecule has 0 unspecified atom stereocenters. The smallest absolute Gasteiger partial charge is 0.370 e. The summed E-state index contributed by atoms with van der Waals surface area (Å²) in [5, 5.41) is 11.5. The van der Waals surface area contributed by atoms with Gasteiger partial charge in [-0.15, -0.1) is 0 Å². The normalized spacial score (nSPS) is 14.6. The van der Waals surface area contributed by atoms with E-state index in [9.17, 15) is 9.90 Å². The summed E-state index contributed by atoms with van der Waals surface area (Å²) in [7, 11) is 3.30. The molecule has 0 radical (unpaired) electrons. The third-order valence-corrected chi connectivity index (χ3v) is 8.09. The lowest BCUT2D eigenvalue weighted by atomic mass is 10.2. The van der Waals surface area contributed by atoms with Gasteiger partial charge in [0.1, 0.15) is 16.2 Å².